The van der Waals surface area contributed by atoms with Gasteiger partial charge in [0, 0.05) is 23.9 Å². The lowest BCUT2D eigenvalue weighted by molar-refractivity contribution is 0.102. The Morgan fingerprint density at radius 3 is 2.62 bits per heavy atom. The van der Waals surface area contributed by atoms with Crippen LogP contribution in [0.2, 0.25) is 0 Å². The van der Waals surface area contributed by atoms with E-state index in [1.807, 2.05) is 25.1 Å². The Bertz CT molecular complexity index is 697. The number of carbonyl (C=O) groups excluding carboxylic acids is 1. The molecule has 1 heterocycles. The SMILES string of the molecule is COc1ccc(NC(=O)c2cccc(NCCCCCCCN)c2C)[nH]1. The van der Waals surface area contributed by atoms with Gasteiger partial charge >= 0.3 is 0 Å². The fourth-order valence-corrected chi connectivity index (χ4v) is 2.85. The first-order valence-corrected chi connectivity index (χ1v) is 9.23. The maximum Gasteiger partial charge on any atom is 0.257 e. The van der Waals surface area contributed by atoms with Gasteiger partial charge in [-0.1, -0.05) is 25.3 Å². The molecule has 1 aromatic heterocycles. The van der Waals surface area contributed by atoms with Gasteiger partial charge in [-0.25, -0.2) is 0 Å². The number of aromatic nitrogens is 1. The quantitative estimate of drug-likeness (QED) is 0.458. The van der Waals surface area contributed by atoms with Crippen LogP contribution in [-0.4, -0.2) is 31.1 Å². The van der Waals surface area contributed by atoms with Crippen LogP contribution in [0.3, 0.4) is 0 Å². The van der Waals surface area contributed by atoms with Gasteiger partial charge in [0.05, 0.1) is 7.11 Å². The van der Waals surface area contributed by atoms with Crippen molar-refractivity contribution in [2.45, 2.75) is 39.0 Å². The number of anilines is 2. The van der Waals surface area contributed by atoms with Crippen LogP contribution in [0, 0.1) is 6.92 Å². The highest BCUT2D eigenvalue weighted by Crippen LogP contribution is 2.21. The molecule has 6 heteroatoms. The largest absolute Gasteiger partial charge is 0.482 e. The van der Waals surface area contributed by atoms with Gasteiger partial charge in [0.25, 0.3) is 5.91 Å². The van der Waals surface area contributed by atoms with E-state index in [4.69, 9.17) is 10.5 Å². The van der Waals surface area contributed by atoms with Crippen molar-refractivity contribution >= 4 is 17.4 Å². The predicted octanol–water partition coefficient (Wildman–Crippen LogP) is 3.91. The Labute approximate surface area is 155 Å². The van der Waals surface area contributed by atoms with E-state index < -0.39 is 0 Å². The number of carbonyl (C=O) groups is 1. The number of benzene rings is 1. The highest BCUT2D eigenvalue weighted by molar-refractivity contribution is 6.05. The number of nitrogens with two attached hydrogens (primary N) is 1. The summed E-state index contributed by atoms with van der Waals surface area (Å²) in [7, 11) is 1.58. The maximum atomic E-state index is 12.6. The van der Waals surface area contributed by atoms with Crippen LogP contribution in [0.4, 0.5) is 11.5 Å². The highest BCUT2D eigenvalue weighted by Gasteiger charge is 2.12. The number of amides is 1. The van der Waals surface area contributed by atoms with E-state index >= 15 is 0 Å². The fourth-order valence-electron chi connectivity index (χ4n) is 2.85. The fraction of sp³-hybridized carbons (Fsp3) is 0.450. The molecule has 0 saturated heterocycles. The number of unbranched alkanes of at least 4 members (excludes halogenated alkanes) is 4. The minimum Gasteiger partial charge on any atom is -0.482 e. The monoisotopic (exact) mass is 358 g/mol. The van der Waals surface area contributed by atoms with Crippen molar-refractivity contribution in [2.75, 3.05) is 30.8 Å². The van der Waals surface area contributed by atoms with Crippen LogP contribution in [0.15, 0.2) is 30.3 Å². The second-order valence-electron chi connectivity index (χ2n) is 6.36. The molecule has 2 aromatic rings. The summed E-state index contributed by atoms with van der Waals surface area (Å²) < 4.78 is 5.09. The summed E-state index contributed by atoms with van der Waals surface area (Å²) in [5.74, 6) is 1.08. The third-order valence-corrected chi connectivity index (χ3v) is 4.40. The van der Waals surface area contributed by atoms with E-state index in [0.29, 0.717) is 17.3 Å². The number of nitrogens with one attached hydrogen (secondary N) is 3. The average Bonchev–Trinajstić information content (AvgIpc) is 3.09. The van der Waals surface area contributed by atoms with Crippen molar-refractivity contribution < 1.29 is 9.53 Å². The summed E-state index contributed by atoms with van der Waals surface area (Å²) in [6.45, 7) is 3.65. The molecule has 0 aliphatic heterocycles. The molecule has 2 rings (SSSR count). The van der Waals surface area contributed by atoms with E-state index in [-0.39, 0.29) is 5.91 Å². The van der Waals surface area contributed by atoms with E-state index in [1.54, 1.807) is 19.2 Å². The predicted molar refractivity (Wildman–Crippen MR) is 107 cm³/mol. The van der Waals surface area contributed by atoms with Crippen molar-refractivity contribution in [3.05, 3.63) is 41.5 Å². The number of hydrogen-bond acceptors (Lipinski definition) is 4. The number of methoxy groups -OCH3 is 1. The second-order valence-corrected chi connectivity index (χ2v) is 6.36. The van der Waals surface area contributed by atoms with Crippen molar-refractivity contribution in [1.82, 2.24) is 4.98 Å². The topological polar surface area (TPSA) is 92.2 Å². The highest BCUT2D eigenvalue weighted by atomic mass is 16.5. The van der Waals surface area contributed by atoms with Gasteiger partial charge in [-0.05, 0) is 50.1 Å². The third-order valence-electron chi connectivity index (χ3n) is 4.40. The molecule has 1 aromatic carbocycles. The zero-order valence-corrected chi connectivity index (χ0v) is 15.7. The van der Waals surface area contributed by atoms with Crippen LogP contribution >= 0.6 is 0 Å². The molecule has 0 spiro atoms. The third kappa shape index (κ3) is 5.81. The Morgan fingerprint density at radius 2 is 1.88 bits per heavy atom. The number of ether oxygens (including phenoxy) is 1. The van der Waals surface area contributed by atoms with E-state index in [1.165, 1.54) is 19.3 Å². The Kier molecular flexibility index (Phi) is 8.02. The maximum absolute atomic E-state index is 12.6. The van der Waals surface area contributed by atoms with Crippen LogP contribution in [0.5, 0.6) is 5.88 Å². The summed E-state index contributed by atoms with van der Waals surface area (Å²) >= 11 is 0. The molecule has 0 atom stereocenters. The van der Waals surface area contributed by atoms with Gasteiger partial charge in [0.15, 0.2) is 5.88 Å². The van der Waals surface area contributed by atoms with E-state index in [9.17, 15) is 4.79 Å². The van der Waals surface area contributed by atoms with Gasteiger partial charge in [0.2, 0.25) is 0 Å². The Balaban J connectivity index is 1.88. The zero-order valence-electron chi connectivity index (χ0n) is 15.7. The minimum absolute atomic E-state index is 0.141. The summed E-state index contributed by atoms with van der Waals surface area (Å²) in [6.07, 6.45) is 5.84. The van der Waals surface area contributed by atoms with Crippen LogP contribution in [0.1, 0.15) is 48.0 Å². The summed E-state index contributed by atoms with van der Waals surface area (Å²) in [5, 5.41) is 6.31. The Hall–Kier alpha value is -2.47. The van der Waals surface area contributed by atoms with Crippen molar-refractivity contribution in [3.8, 4) is 5.88 Å². The van der Waals surface area contributed by atoms with Gasteiger partial charge < -0.3 is 26.1 Å². The van der Waals surface area contributed by atoms with Crippen molar-refractivity contribution in [1.29, 1.82) is 0 Å². The van der Waals surface area contributed by atoms with Crippen molar-refractivity contribution in [2.24, 2.45) is 5.73 Å². The lowest BCUT2D eigenvalue weighted by atomic mass is 10.1. The molecule has 0 radical (unpaired) electrons. The molecule has 142 valence electrons. The lowest BCUT2D eigenvalue weighted by Crippen LogP contribution is -2.15. The minimum atomic E-state index is -0.141. The van der Waals surface area contributed by atoms with Crippen molar-refractivity contribution in [3.63, 3.8) is 0 Å². The van der Waals surface area contributed by atoms with E-state index in [0.717, 1.165) is 37.2 Å². The molecule has 0 saturated carbocycles. The van der Waals surface area contributed by atoms with Gasteiger partial charge in [0.1, 0.15) is 5.82 Å². The molecular weight excluding hydrogens is 328 g/mol. The number of H-pyrrole nitrogens is 1. The summed E-state index contributed by atoms with van der Waals surface area (Å²) in [5.41, 5.74) is 8.12. The first-order chi connectivity index (χ1) is 12.7. The zero-order chi connectivity index (χ0) is 18.8. The standard InChI is InChI=1S/C20H30N4O2/c1-15-16(20(25)24-18-11-12-19(23-18)26-2)9-8-10-17(15)22-14-7-5-3-4-6-13-21/h8-12,22-23H,3-7,13-14,21H2,1-2H3,(H,24,25). The number of rotatable bonds is 11. The summed E-state index contributed by atoms with van der Waals surface area (Å²) in [4.78, 5) is 15.5. The Morgan fingerprint density at radius 1 is 1.12 bits per heavy atom. The number of aromatic amines is 1. The number of hydrogen-bond donors (Lipinski definition) is 4. The molecule has 0 bridgehead atoms. The van der Waals surface area contributed by atoms with E-state index in [2.05, 4.69) is 15.6 Å². The lowest BCUT2D eigenvalue weighted by Gasteiger charge is -2.13. The van der Waals surface area contributed by atoms with Gasteiger partial charge in [-0.15, -0.1) is 0 Å². The first kappa shape index (κ1) is 19.8. The first-order valence-electron chi connectivity index (χ1n) is 9.23. The molecule has 0 unspecified atom stereocenters. The van der Waals surface area contributed by atoms with Gasteiger partial charge in [-0.2, -0.15) is 0 Å². The van der Waals surface area contributed by atoms with Crippen LogP contribution < -0.4 is 21.1 Å². The molecule has 0 aliphatic carbocycles. The second kappa shape index (κ2) is 10.5. The smallest absolute Gasteiger partial charge is 0.257 e. The van der Waals surface area contributed by atoms with Gasteiger partial charge in [-0.3, -0.25) is 4.79 Å². The molecule has 0 fully saturated rings. The average molecular weight is 358 g/mol. The summed E-state index contributed by atoms with van der Waals surface area (Å²) in [6, 6.07) is 9.30. The molecule has 6 nitrogen and oxygen atoms in total. The molecule has 5 N–H and O–H groups in total. The molecular formula is C20H30N4O2. The normalized spacial score (nSPS) is 10.6. The molecule has 1 amide bonds. The van der Waals surface area contributed by atoms with Crippen LogP contribution in [0.25, 0.3) is 0 Å². The van der Waals surface area contributed by atoms with Crippen LogP contribution in [-0.2, 0) is 0 Å². The molecule has 0 aliphatic rings. The molecule has 26 heavy (non-hydrogen) atoms.